The summed E-state index contributed by atoms with van der Waals surface area (Å²) in [4.78, 5) is 3.64. The summed E-state index contributed by atoms with van der Waals surface area (Å²) >= 11 is 0. The van der Waals surface area contributed by atoms with Crippen molar-refractivity contribution in [3.05, 3.63) is 53.2 Å². The summed E-state index contributed by atoms with van der Waals surface area (Å²) in [6, 6.07) is 7.81. The summed E-state index contributed by atoms with van der Waals surface area (Å²) < 4.78 is 17.5. The molecular formula is C14H17NO2S. The lowest BCUT2D eigenvalue weighted by molar-refractivity contribution is 0.122. The van der Waals surface area contributed by atoms with Gasteiger partial charge >= 0.3 is 0 Å². The van der Waals surface area contributed by atoms with E-state index < -0.39 is 10.8 Å². The van der Waals surface area contributed by atoms with Gasteiger partial charge in [0.2, 0.25) is 0 Å². The molecule has 0 N–H and O–H groups in total. The van der Waals surface area contributed by atoms with E-state index in [4.69, 9.17) is 4.74 Å². The largest absolute Gasteiger partial charge is 0.364 e. The third-order valence-corrected chi connectivity index (χ3v) is 4.13. The standard InChI is InChI=1S/C14H17NO2S/c1-12-5-7-13(8-6-12)18(16)14-4-3-9-15(10-14)11-17-2/h3,5-10H,4,11H2,1-2H3. The van der Waals surface area contributed by atoms with Crippen molar-refractivity contribution in [3.63, 3.8) is 0 Å². The number of hydrogen-bond acceptors (Lipinski definition) is 3. The second kappa shape index (κ2) is 5.98. The van der Waals surface area contributed by atoms with Crippen LogP contribution in [0.1, 0.15) is 12.0 Å². The molecule has 96 valence electrons. The first-order chi connectivity index (χ1) is 8.70. The Labute approximate surface area is 110 Å². The van der Waals surface area contributed by atoms with Crippen molar-refractivity contribution < 1.29 is 8.95 Å². The van der Waals surface area contributed by atoms with E-state index in [9.17, 15) is 4.21 Å². The molecular weight excluding hydrogens is 246 g/mol. The van der Waals surface area contributed by atoms with E-state index in [0.29, 0.717) is 6.73 Å². The molecule has 0 bridgehead atoms. The molecule has 0 spiro atoms. The van der Waals surface area contributed by atoms with Crippen LogP contribution in [0.3, 0.4) is 0 Å². The smallest absolute Gasteiger partial charge is 0.121 e. The lowest BCUT2D eigenvalue weighted by Gasteiger charge is -2.20. The van der Waals surface area contributed by atoms with Gasteiger partial charge in [-0.2, -0.15) is 0 Å². The van der Waals surface area contributed by atoms with Crippen molar-refractivity contribution in [1.82, 2.24) is 4.90 Å². The minimum Gasteiger partial charge on any atom is -0.364 e. The van der Waals surface area contributed by atoms with Crippen LogP contribution in [-0.4, -0.2) is 22.9 Å². The fraction of sp³-hybridized carbons (Fsp3) is 0.286. The van der Waals surface area contributed by atoms with Crippen LogP contribution >= 0.6 is 0 Å². The van der Waals surface area contributed by atoms with Gasteiger partial charge in [-0.3, -0.25) is 0 Å². The molecule has 3 nitrogen and oxygen atoms in total. The number of nitrogens with zero attached hydrogens (tertiary/aromatic N) is 1. The minimum atomic E-state index is -1.09. The lowest BCUT2D eigenvalue weighted by atomic mass is 10.2. The number of benzene rings is 1. The first-order valence-corrected chi connectivity index (χ1v) is 6.96. The predicted molar refractivity (Wildman–Crippen MR) is 73.1 cm³/mol. The number of aryl methyl sites for hydroxylation is 1. The second-order valence-electron chi connectivity index (χ2n) is 4.20. The molecule has 1 atom stereocenters. The third kappa shape index (κ3) is 3.09. The molecule has 2 rings (SSSR count). The number of hydrogen-bond donors (Lipinski definition) is 0. The Balaban J connectivity index is 2.16. The molecule has 0 aromatic heterocycles. The van der Waals surface area contributed by atoms with Crippen LogP contribution in [0.25, 0.3) is 0 Å². The van der Waals surface area contributed by atoms with E-state index in [2.05, 4.69) is 0 Å². The minimum absolute atomic E-state index is 0.477. The van der Waals surface area contributed by atoms with Gasteiger partial charge in [0.05, 0.1) is 10.8 Å². The quantitative estimate of drug-likeness (QED) is 0.836. The highest BCUT2D eigenvalue weighted by atomic mass is 32.2. The maximum Gasteiger partial charge on any atom is 0.121 e. The van der Waals surface area contributed by atoms with E-state index in [1.807, 2.05) is 54.6 Å². The molecule has 1 aromatic rings. The van der Waals surface area contributed by atoms with Crippen LogP contribution in [0, 0.1) is 6.92 Å². The lowest BCUT2D eigenvalue weighted by Crippen LogP contribution is -2.17. The van der Waals surface area contributed by atoms with E-state index in [0.717, 1.165) is 16.2 Å². The van der Waals surface area contributed by atoms with E-state index in [1.54, 1.807) is 7.11 Å². The highest BCUT2D eigenvalue weighted by molar-refractivity contribution is 7.89. The molecule has 1 aromatic carbocycles. The summed E-state index contributed by atoms with van der Waals surface area (Å²) in [5.41, 5.74) is 1.18. The highest BCUT2D eigenvalue weighted by Crippen LogP contribution is 2.21. The zero-order valence-electron chi connectivity index (χ0n) is 10.6. The fourth-order valence-electron chi connectivity index (χ4n) is 1.75. The molecule has 1 unspecified atom stereocenters. The van der Waals surface area contributed by atoms with Gasteiger partial charge in [0, 0.05) is 35.7 Å². The SMILES string of the molecule is COCN1C=CCC(S(=O)c2ccc(C)cc2)=C1. The monoisotopic (exact) mass is 263 g/mol. The van der Waals surface area contributed by atoms with Gasteiger partial charge in [-0.1, -0.05) is 23.8 Å². The number of allylic oxidation sites excluding steroid dienone is 2. The van der Waals surface area contributed by atoms with Crippen LogP contribution in [0.15, 0.2) is 52.5 Å². The molecule has 0 fully saturated rings. The van der Waals surface area contributed by atoms with E-state index in [1.165, 1.54) is 5.56 Å². The van der Waals surface area contributed by atoms with Crippen molar-refractivity contribution in [2.45, 2.75) is 18.2 Å². The summed E-state index contributed by atoms with van der Waals surface area (Å²) in [5.74, 6) is 0. The second-order valence-corrected chi connectivity index (χ2v) is 5.73. The molecule has 1 aliphatic rings. The molecule has 1 heterocycles. The van der Waals surface area contributed by atoms with Gasteiger partial charge in [-0.25, -0.2) is 4.21 Å². The third-order valence-electron chi connectivity index (χ3n) is 2.68. The molecule has 18 heavy (non-hydrogen) atoms. The van der Waals surface area contributed by atoms with Crippen LogP contribution in [0.4, 0.5) is 0 Å². The van der Waals surface area contributed by atoms with Crippen molar-refractivity contribution in [2.75, 3.05) is 13.8 Å². The molecule has 0 radical (unpaired) electrons. The predicted octanol–water partition coefficient (Wildman–Crippen LogP) is 2.77. The summed E-state index contributed by atoms with van der Waals surface area (Å²) in [7, 11) is 0.556. The maximum atomic E-state index is 12.4. The van der Waals surface area contributed by atoms with Crippen LogP contribution < -0.4 is 0 Å². The number of rotatable bonds is 4. The number of ether oxygens (including phenoxy) is 1. The summed E-state index contributed by atoms with van der Waals surface area (Å²) in [6.45, 7) is 2.50. The van der Waals surface area contributed by atoms with Crippen molar-refractivity contribution >= 4 is 10.8 Å². The van der Waals surface area contributed by atoms with Crippen LogP contribution in [0.5, 0.6) is 0 Å². The average Bonchev–Trinajstić information content (AvgIpc) is 2.39. The molecule has 0 saturated heterocycles. The van der Waals surface area contributed by atoms with E-state index >= 15 is 0 Å². The Bertz CT molecular complexity index is 491. The van der Waals surface area contributed by atoms with Crippen LogP contribution in [0.2, 0.25) is 0 Å². The zero-order chi connectivity index (χ0) is 13.0. The van der Waals surface area contributed by atoms with Crippen LogP contribution in [-0.2, 0) is 15.5 Å². The van der Waals surface area contributed by atoms with Crippen molar-refractivity contribution in [2.24, 2.45) is 0 Å². The molecule has 4 heteroatoms. The Morgan fingerprint density at radius 1 is 1.33 bits per heavy atom. The zero-order valence-corrected chi connectivity index (χ0v) is 11.4. The first kappa shape index (κ1) is 13.1. The highest BCUT2D eigenvalue weighted by Gasteiger charge is 2.13. The fourth-order valence-corrected chi connectivity index (χ4v) is 2.92. The molecule has 0 saturated carbocycles. The molecule has 0 amide bonds. The molecule has 0 aliphatic carbocycles. The van der Waals surface area contributed by atoms with Gasteiger partial charge in [-0.15, -0.1) is 0 Å². The summed E-state index contributed by atoms with van der Waals surface area (Å²) in [6.07, 6.45) is 6.57. The Hall–Kier alpha value is -1.39. The normalized spacial score (nSPS) is 16.6. The van der Waals surface area contributed by atoms with Gasteiger partial charge in [-0.05, 0) is 19.1 Å². The topological polar surface area (TPSA) is 29.5 Å². The Morgan fingerprint density at radius 3 is 2.72 bits per heavy atom. The Morgan fingerprint density at radius 2 is 2.06 bits per heavy atom. The van der Waals surface area contributed by atoms with Gasteiger partial charge in [0.15, 0.2) is 0 Å². The molecule has 1 aliphatic heterocycles. The van der Waals surface area contributed by atoms with E-state index in [-0.39, 0.29) is 0 Å². The summed E-state index contributed by atoms with van der Waals surface area (Å²) in [5, 5.41) is 0. The number of methoxy groups -OCH3 is 1. The van der Waals surface area contributed by atoms with Gasteiger partial charge in [0.1, 0.15) is 6.73 Å². The van der Waals surface area contributed by atoms with Gasteiger partial charge < -0.3 is 9.64 Å². The van der Waals surface area contributed by atoms with Crippen molar-refractivity contribution in [1.29, 1.82) is 0 Å². The Kier molecular flexibility index (Phi) is 4.33. The maximum absolute atomic E-state index is 12.4. The van der Waals surface area contributed by atoms with Gasteiger partial charge in [0.25, 0.3) is 0 Å². The van der Waals surface area contributed by atoms with Crippen molar-refractivity contribution in [3.8, 4) is 0 Å². The first-order valence-electron chi connectivity index (χ1n) is 5.81. The average molecular weight is 263 g/mol.